The Kier molecular flexibility index (Phi) is 5.58. The lowest BCUT2D eigenvalue weighted by atomic mass is 9.92. The fourth-order valence-electron chi connectivity index (χ4n) is 1.93. The molecule has 1 fully saturated rings. The molecule has 3 nitrogen and oxygen atoms in total. The SMILES string of the molecule is COCCNCCNCC1(C(C)C)CC1. The van der Waals surface area contributed by atoms with Gasteiger partial charge in [0.2, 0.25) is 0 Å². The van der Waals surface area contributed by atoms with E-state index in [9.17, 15) is 0 Å². The molecule has 0 aromatic heterocycles. The van der Waals surface area contributed by atoms with E-state index in [-0.39, 0.29) is 0 Å². The lowest BCUT2D eigenvalue weighted by molar-refractivity contribution is 0.199. The van der Waals surface area contributed by atoms with Crippen molar-refractivity contribution in [2.45, 2.75) is 26.7 Å². The smallest absolute Gasteiger partial charge is 0.0587 e. The maximum atomic E-state index is 4.96. The first-order valence-electron chi connectivity index (χ1n) is 6.12. The van der Waals surface area contributed by atoms with E-state index in [2.05, 4.69) is 24.5 Å². The molecule has 0 bridgehead atoms. The average molecular weight is 214 g/mol. The van der Waals surface area contributed by atoms with Crippen molar-refractivity contribution >= 4 is 0 Å². The molecule has 3 heteroatoms. The van der Waals surface area contributed by atoms with Crippen molar-refractivity contribution < 1.29 is 4.74 Å². The molecule has 0 aromatic rings. The normalized spacial score (nSPS) is 18.4. The van der Waals surface area contributed by atoms with E-state index in [0.717, 1.165) is 32.2 Å². The number of hydrogen-bond donors (Lipinski definition) is 2. The zero-order chi connectivity index (χ0) is 11.1. The second kappa shape index (κ2) is 6.46. The molecule has 1 aliphatic carbocycles. The molecule has 1 saturated carbocycles. The number of rotatable bonds is 9. The van der Waals surface area contributed by atoms with Crippen LogP contribution in [0.25, 0.3) is 0 Å². The molecule has 0 aromatic carbocycles. The summed E-state index contributed by atoms with van der Waals surface area (Å²) in [6.45, 7) is 9.73. The van der Waals surface area contributed by atoms with Gasteiger partial charge in [-0.25, -0.2) is 0 Å². The minimum absolute atomic E-state index is 0.631. The Morgan fingerprint density at radius 1 is 1.13 bits per heavy atom. The molecule has 0 amide bonds. The highest BCUT2D eigenvalue weighted by molar-refractivity contribution is 4.96. The van der Waals surface area contributed by atoms with E-state index in [4.69, 9.17) is 4.74 Å². The first kappa shape index (κ1) is 12.9. The van der Waals surface area contributed by atoms with E-state index in [1.54, 1.807) is 7.11 Å². The topological polar surface area (TPSA) is 33.3 Å². The van der Waals surface area contributed by atoms with Crippen LogP contribution in [0.1, 0.15) is 26.7 Å². The summed E-state index contributed by atoms with van der Waals surface area (Å²) in [6.07, 6.45) is 2.82. The largest absolute Gasteiger partial charge is 0.383 e. The van der Waals surface area contributed by atoms with Crippen molar-refractivity contribution in [3.05, 3.63) is 0 Å². The van der Waals surface area contributed by atoms with Crippen molar-refractivity contribution in [3.8, 4) is 0 Å². The number of methoxy groups -OCH3 is 1. The molecule has 0 radical (unpaired) electrons. The molecule has 0 unspecified atom stereocenters. The lowest BCUT2D eigenvalue weighted by Crippen LogP contribution is -2.34. The second-order valence-electron chi connectivity index (χ2n) is 4.94. The summed E-state index contributed by atoms with van der Waals surface area (Å²) in [5.41, 5.74) is 0.631. The molecule has 0 spiro atoms. The Labute approximate surface area is 94.0 Å². The predicted octanol–water partition coefficient (Wildman–Crippen LogP) is 1.25. The zero-order valence-electron chi connectivity index (χ0n) is 10.4. The van der Waals surface area contributed by atoms with E-state index in [1.807, 2.05) is 0 Å². The summed E-state index contributed by atoms with van der Waals surface area (Å²) in [4.78, 5) is 0. The van der Waals surface area contributed by atoms with Gasteiger partial charge >= 0.3 is 0 Å². The van der Waals surface area contributed by atoms with Crippen LogP contribution in [0, 0.1) is 11.3 Å². The first-order chi connectivity index (χ1) is 7.21. The van der Waals surface area contributed by atoms with E-state index >= 15 is 0 Å². The summed E-state index contributed by atoms with van der Waals surface area (Å²) in [6, 6.07) is 0. The van der Waals surface area contributed by atoms with Gasteiger partial charge in [0.25, 0.3) is 0 Å². The van der Waals surface area contributed by atoms with Crippen molar-refractivity contribution in [1.82, 2.24) is 10.6 Å². The minimum Gasteiger partial charge on any atom is -0.383 e. The van der Waals surface area contributed by atoms with Crippen LogP contribution in [0.4, 0.5) is 0 Å². The number of nitrogens with one attached hydrogen (secondary N) is 2. The number of ether oxygens (including phenoxy) is 1. The van der Waals surface area contributed by atoms with Gasteiger partial charge in [0, 0.05) is 33.3 Å². The molecule has 0 saturated heterocycles. The van der Waals surface area contributed by atoms with Gasteiger partial charge in [-0.3, -0.25) is 0 Å². The fourth-order valence-corrected chi connectivity index (χ4v) is 1.93. The van der Waals surface area contributed by atoms with E-state index in [1.165, 1.54) is 19.4 Å². The molecule has 1 aliphatic rings. The highest BCUT2D eigenvalue weighted by Crippen LogP contribution is 2.51. The molecule has 0 atom stereocenters. The van der Waals surface area contributed by atoms with Crippen LogP contribution in [-0.4, -0.2) is 39.9 Å². The van der Waals surface area contributed by atoms with Gasteiger partial charge in [0.1, 0.15) is 0 Å². The summed E-state index contributed by atoms with van der Waals surface area (Å²) < 4.78 is 4.96. The van der Waals surface area contributed by atoms with Crippen LogP contribution in [0.3, 0.4) is 0 Å². The molecule has 0 aliphatic heterocycles. The van der Waals surface area contributed by atoms with Crippen LogP contribution in [0.5, 0.6) is 0 Å². The van der Waals surface area contributed by atoms with Gasteiger partial charge < -0.3 is 15.4 Å². The molecule has 1 rings (SSSR count). The third-order valence-corrected chi connectivity index (χ3v) is 3.56. The first-order valence-corrected chi connectivity index (χ1v) is 6.12. The maximum absolute atomic E-state index is 4.96. The Hall–Kier alpha value is -0.120. The van der Waals surface area contributed by atoms with Crippen molar-refractivity contribution in [1.29, 1.82) is 0 Å². The third kappa shape index (κ3) is 4.49. The van der Waals surface area contributed by atoms with Gasteiger partial charge in [-0.2, -0.15) is 0 Å². The molecular weight excluding hydrogens is 188 g/mol. The molecule has 90 valence electrons. The Morgan fingerprint density at radius 3 is 2.33 bits per heavy atom. The third-order valence-electron chi connectivity index (χ3n) is 3.56. The summed E-state index contributed by atoms with van der Waals surface area (Å²) in [5, 5.41) is 6.88. The van der Waals surface area contributed by atoms with Crippen LogP contribution in [-0.2, 0) is 4.74 Å². The summed E-state index contributed by atoms with van der Waals surface area (Å²) in [5.74, 6) is 0.825. The maximum Gasteiger partial charge on any atom is 0.0587 e. The summed E-state index contributed by atoms with van der Waals surface area (Å²) >= 11 is 0. The average Bonchev–Trinajstić information content (AvgIpc) is 2.98. The van der Waals surface area contributed by atoms with Crippen LogP contribution >= 0.6 is 0 Å². The van der Waals surface area contributed by atoms with Crippen LogP contribution < -0.4 is 10.6 Å². The monoisotopic (exact) mass is 214 g/mol. The van der Waals surface area contributed by atoms with Crippen molar-refractivity contribution in [2.75, 3.05) is 39.9 Å². The van der Waals surface area contributed by atoms with Gasteiger partial charge in [-0.05, 0) is 24.2 Å². The number of hydrogen-bond acceptors (Lipinski definition) is 3. The Morgan fingerprint density at radius 2 is 1.80 bits per heavy atom. The predicted molar refractivity (Wildman–Crippen MR) is 64.1 cm³/mol. The zero-order valence-corrected chi connectivity index (χ0v) is 10.4. The van der Waals surface area contributed by atoms with Gasteiger partial charge in [0.05, 0.1) is 6.61 Å². The Bertz CT molecular complexity index is 167. The van der Waals surface area contributed by atoms with Gasteiger partial charge in [0.15, 0.2) is 0 Å². The highest BCUT2D eigenvalue weighted by atomic mass is 16.5. The standard InChI is InChI=1S/C12H26N2O/c1-11(2)12(4-5-12)10-14-7-6-13-8-9-15-3/h11,13-14H,4-10H2,1-3H3. The molecule has 15 heavy (non-hydrogen) atoms. The summed E-state index contributed by atoms with van der Waals surface area (Å²) in [7, 11) is 1.74. The lowest BCUT2D eigenvalue weighted by Gasteiger charge is -2.20. The van der Waals surface area contributed by atoms with Crippen LogP contribution in [0.15, 0.2) is 0 Å². The van der Waals surface area contributed by atoms with E-state index < -0.39 is 0 Å². The van der Waals surface area contributed by atoms with Gasteiger partial charge in [-0.15, -0.1) is 0 Å². The van der Waals surface area contributed by atoms with Crippen molar-refractivity contribution in [3.63, 3.8) is 0 Å². The molecule has 0 heterocycles. The second-order valence-corrected chi connectivity index (χ2v) is 4.94. The fraction of sp³-hybridized carbons (Fsp3) is 1.00. The van der Waals surface area contributed by atoms with E-state index in [0.29, 0.717) is 5.41 Å². The minimum atomic E-state index is 0.631. The molecule has 2 N–H and O–H groups in total. The quantitative estimate of drug-likeness (QED) is 0.567. The van der Waals surface area contributed by atoms with Crippen molar-refractivity contribution in [2.24, 2.45) is 11.3 Å². The highest BCUT2D eigenvalue weighted by Gasteiger charge is 2.44. The Balaban J connectivity index is 1.89. The van der Waals surface area contributed by atoms with Gasteiger partial charge in [-0.1, -0.05) is 13.8 Å². The molecular formula is C12H26N2O. The van der Waals surface area contributed by atoms with Crippen LogP contribution in [0.2, 0.25) is 0 Å².